The van der Waals surface area contributed by atoms with Crippen molar-refractivity contribution in [3.8, 4) is 0 Å². The summed E-state index contributed by atoms with van der Waals surface area (Å²) in [5.41, 5.74) is 0.336. The molecule has 0 aromatic rings. The fraction of sp³-hybridized carbons (Fsp3) is 1.00. The highest BCUT2D eigenvalue weighted by molar-refractivity contribution is 5.85. The van der Waals surface area contributed by atoms with Crippen LogP contribution in [0.15, 0.2) is 0 Å². The molecule has 0 atom stereocenters. The normalized spacial score (nSPS) is 11.8. The molecule has 0 N–H and O–H groups in total. The van der Waals surface area contributed by atoms with E-state index in [4.69, 9.17) is 0 Å². The van der Waals surface area contributed by atoms with Gasteiger partial charge in [0.1, 0.15) is 0 Å². The molecule has 0 aliphatic heterocycles. The maximum Gasteiger partial charge on any atom is 0.0124 e. The van der Waals surface area contributed by atoms with Gasteiger partial charge >= 0.3 is 0 Å². The molecule has 0 aromatic carbocycles. The second-order valence-electron chi connectivity index (χ2n) is 10.5. The Bertz CT molecular complexity index is 310. The Morgan fingerprint density at radius 3 is 0.933 bits per heavy atom. The lowest BCUT2D eigenvalue weighted by Gasteiger charge is -2.34. The van der Waals surface area contributed by atoms with Gasteiger partial charge in [0.2, 0.25) is 0 Å². The highest BCUT2D eigenvalue weighted by Gasteiger charge is 2.18. The van der Waals surface area contributed by atoms with Gasteiger partial charge in [0.25, 0.3) is 0 Å². The first kappa shape index (κ1) is 32.4. The predicted molar refractivity (Wildman–Crippen MR) is 142 cm³/mol. The molecule has 0 aromatic heterocycles. The molecule has 1 nitrogen and oxygen atoms in total. The zero-order valence-electron chi connectivity index (χ0n) is 21.9. The molecule has 0 aliphatic rings. The third kappa shape index (κ3) is 22.9. The fourth-order valence-corrected chi connectivity index (χ4v) is 4.53. The van der Waals surface area contributed by atoms with Gasteiger partial charge in [-0.3, -0.25) is 4.90 Å². The van der Waals surface area contributed by atoms with Crippen LogP contribution in [0.2, 0.25) is 0 Å². The lowest BCUT2D eigenvalue weighted by molar-refractivity contribution is 0.141. The van der Waals surface area contributed by atoms with E-state index in [0.717, 1.165) is 0 Å². The summed E-state index contributed by atoms with van der Waals surface area (Å²) < 4.78 is 0. The Hall–Kier alpha value is 0.250. The topological polar surface area (TPSA) is 3.24 Å². The third-order valence-electron chi connectivity index (χ3n) is 6.61. The standard InChI is InChI=1S/C28H59N.ClH/c1-6-8-9-10-11-12-13-14-15-16-17-18-19-20-21-22-23-24-25-26-27-29(7-2)28(3,4)5;/h6-27H2,1-5H3;1H. The van der Waals surface area contributed by atoms with E-state index in [1.165, 1.54) is 142 Å². The van der Waals surface area contributed by atoms with Gasteiger partial charge in [0.15, 0.2) is 0 Å². The molecular weight excluding hydrogens is 386 g/mol. The summed E-state index contributed by atoms with van der Waals surface area (Å²) in [5, 5.41) is 0. The SMILES string of the molecule is CCCCCCCCCCCCCCCCCCCCCCN(CC)C(C)(C)C.Cl. The molecule has 0 aliphatic carbocycles. The van der Waals surface area contributed by atoms with E-state index >= 15 is 0 Å². The number of unbranched alkanes of at least 4 members (excludes halogenated alkanes) is 19. The van der Waals surface area contributed by atoms with Crippen LogP contribution >= 0.6 is 12.4 Å². The molecule has 0 fully saturated rings. The first-order chi connectivity index (χ1) is 14.0. The largest absolute Gasteiger partial charge is 0.299 e. The van der Waals surface area contributed by atoms with E-state index in [9.17, 15) is 0 Å². The zero-order chi connectivity index (χ0) is 21.6. The molecule has 0 bridgehead atoms. The van der Waals surface area contributed by atoms with E-state index in [1.807, 2.05) is 0 Å². The molecule has 0 unspecified atom stereocenters. The second-order valence-corrected chi connectivity index (χ2v) is 10.5. The summed E-state index contributed by atoms with van der Waals surface area (Å²) in [6.07, 6.45) is 29.2. The van der Waals surface area contributed by atoms with E-state index in [1.54, 1.807) is 0 Å². The van der Waals surface area contributed by atoms with Crippen molar-refractivity contribution in [2.75, 3.05) is 13.1 Å². The van der Waals surface area contributed by atoms with Gasteiger partial charge < -0.3 is 0 Å². The minimum Gasteiger partial charge on any atom is -0.299 e. The second kappa shape index (κ2) is 23.9. The molecule has 2 heteroatoms. The summed E-state index contributed by atoms with van der Waals surface area (Å²) in [7, 11) is 0. The van der Waals surface area contributed by atoms with Crippen molar-refractivity contribution in [2.45, 2.75) is 169 Å². The monoisotopic (exact) mass is 445 g/mol. The fourth-order valence-electron chi connectivity index (χ4n) is 4.53. The maximum atomic E-state index is 2.61. The van der Waals surface area contributed by atoms with Gasteiger partial charge in [0, 0.05) is 5.54 Å². The summed E-state index contributed by atoms with van der Waals surface area (Å²) >= 11 is 0. The Morgan fingerprint density at radius 2 is 0.700 bits per heavy atom. The van der Waals surface area contributed by atoms with Crippen LogP contribution in [0, 0.1) is 0 Å². The average molecular weight is 446 g/mol. The van der Waals surface area contributed by atoms with Crippen molar-refractivity contribution < 1.29 is 0 Å². The molecule has 30 heavy (non-hydrogen) atoms. The average Bonchev–Trinajstić information content (AvgIpc) is 2.68. The van der Waals surface area contributed by atoms with Gasteiger partial charge in [0.05, 0.1) is 0 Å². The summed E-state index contributed by atoms with van der Waals surface area (Å²) in [6, 6.07) is 0. The first-order valence-electron chi connectivity index (χ1n) is 13.8. The highest BCUT2D eigenvalue weighted by atomic mass is 35.5. The molecular formula is C28H60ClN. The molecule has 0 heterocycles. The Kier molecular flexibility index (Phi) is 25.8. The van der Waals surface area contributed by atoms with Gasteiger partial charge in [-0.25, -0.2) is 0 Å². The number of nitrogens with zero attached hydrogens (tertiary/aromatic N) is 1. The van der Waals surface area contributed by atoms with E-state index in [-0.39, 0.29) is 12.4 Å². The highest BCUT2D eigenvalue weighted by Crippen LogP contribution is 2.16. The summed E-state index contributed by atoms with van der Waals surface area (Å²) in [6.45, 7) is 14.1. The molecule has 0 saturated carbocycles. The molecule has 0 radical (unpaired) electrons. The zero-order valence-corrected chi connectivity index (χ0v) is 22.7. The predicted octanol–water partition coefficient (Wildman–Crippen LogP) is 10.4. The van der Waals surface area contributed by atoms with Crippen molar-refractivity contribution in [1.29, 1.82) is 0 Å². The van der Waals surface area contributed by atoms with Crippen molar-refractivity contribution in [3.63, 3.8) is 0 Å². The molecule has 0 rings (SSSR count). The summed E-state index contributed by atoms with van der Waals surface area (Å²) in [5.74, 6) is 0. The lowest BCUT2D eigenvalue weighted by Crippen LogP contribution is -2.41. The minimum absolute atomic E-state index is 0. The van der Waals surface area contributed by atoms with E-state index in [2.05, 4.69) is 39.5 Å². The van der Waals surface area contributed by atoms with Crippen molar-refractivity contribution in [1.82, 2.24) is 4.90 Å². The van der Waals surface area contributed by atoms with Crippen LogP contribution in [-0.4, -0.2) is 23.5 Å². The van der Waals surface area contributed by atoms with Crippen LogP contribution < -0.4 is 0 Å². The van der Waals surface area contributed by atoms with Crippen molar-refractivity contribution >= 4 is 12.4 Å². The number of hydrogen-bond acceptors (Lipinski definition) is 1. The Labute approximate surface area is 199 Å². The number of halogens is 1. The Balaban J connectivity index is 0. The smallest absolute Gasteiger partial charge is 0.0124 e. The van der Waals surface area contributed by atoms with Crippen LogP contribution in [0.1, 0.15) is 163 Å². The molecule has 0 saturated heterocycles. The minimum atomic E-state index is 0. The van der Waals surface area contributed by atoms with Crippen LogP contribution in [0.3, 0.4) is 0 Å². The molecule has 184 valence electrons. The van der Waals surface area contributed by atoms with Crippen molar-refractivity contribution in [2.24, 2.45) is 0 Å². The van der Waals surface area contributed by atoms with Gasteiger partial charge in [-0.05, 0) is 40.3 Å². The van der Waals surface area contributed by atoms with Crippen LogP contribution in [-0.2, 0) is 0 Å². The maximum absolute atomic E-state index is 2.61. The van der Waals surface area contributed by atoms with Gasteiger partial charge in [-0.15, -0.1) is 12.4 Å². The third-order valence-corrected chi connectivity index (χ3v) is 6.61. The van der Waals surface area contributed by atoms with E-state index < -0.39 is 0 Å². The van der Waals surface area contributed by atoms with Crippen LogP contribution in [0.4, 0.5) is 0 Å². The number of rotatable bonds is 22. The quantitative estimate of drug-likeness (QED) is 0.150. The molecule has 0 spiro atoms. The molecule has 0 amide bonds. The van der Waals surface area contributed by atoms with Gasteiger partial charge in [-0.2, -0.15) is 0 Å². The Morgan fingerprint density at radius 1 is 0.433 bits per heavy atom. The number of hydrogen-bond donors (Lipinski definition) is 0. The van der Waals surface area contributed by atoms with Crippen LogP contribution in [0.25, 0.3) is 0 Å². The van der Waals surface area contributed by atoms with Crippen molar-refractivity contribution in [3.05, 3.63) is 0 Å². The first-order valence-corrected chi connectivity index (χ1v) is 13.8. The lowest BCUT2D eigenvalue weighted by atomic mass is 10.0. The van der Waals surface area contributed by atoms with Crippen LogP contribution in [0.5, 0.6) is 0 Å². The summed E-state index contributed by atoms with van der Waals surface area (Å²) in [4.78, 5) is 2.61. The van der Waals surface area contributed by atoms with Gasteiger partial charge in [-0.1, -0.05) is 136 Å². The van der Waals surface area contributed by atoms with E-state index in [0.29, 0.717) is 5.54 Å².